The molecule has 130 valence electrons. The molecule has 23 heavy (non-hydrogen) atoms. The average Bonchev–Trinajstić information content (AvgIpc) is 2.48. The van der Waals surface area contributed by atoms with Crippen LogP contribution in [0.2, 0.25) is 0 Å². The first-order valence-corrected chi connectivity index (χ1v) is 9.17. The van der Waals surface area contributed by atoms with Gasteiger partial charge in [-0.15, -0.1) is 0 Å². The molecule has 0 aromatic heterocycles. The van der Waals surface area contributed by atoms with Crippen LogP contribution in [0.1, 0.15) is 71.1 Å². The summed E-state index contributed by atoms with van der Waals surface area (Å²) in [6, 6.07) is 0. The normalized spacial score (nSPS) is 34.4. The second kappa shape index (κ2) is 7.20. The third-order valence-corrected chi connectivity index (χ3v) is 5.67. The zero-order valence-corrected chi connectivity index (χ0v) is 14.1. The summed E-state index contributed by atoms with van der Waals surface area (Å²) in [5.74, 6) is 0.0939. The Morgan fingerprint density at radius 1 is 0.913 bits per heavy atom. The van der Waals surface area contributed by atoms with Gasteiger partial charge in [0.1, 0.15) is 5.60 Å². The fraction of sp³-hybridized carbons (Fsp3) is 0.889. The molecule has 0 radical (unpaired) electrons. The second-order valence-corrected chi connectivity index (χ2v) is 7.74. The molecule has 4 fully saturated rings. The lowest BCUT2D eigenvalue weighted by Crippen LogP contribution is -2.53. The summed E-state index contributed by atoms with van der Waals surface area (Å²) in [6.45, 7) is 2.46. The number of hydrogen-bond acceptors (Lipinski definition) is 5. The van der Waals surface area contributed by atoms with Crippen molar-refractivity contribution in [1.29, 1.82) is 0 Å². The van der Waals surface area contributed by atoms with Crippen LogP contribution in [0, 0.1) is 17.8 Å². The van der Waals surface area contributed by atoms with Crippen LogP contribution in [0.5, 0.6) is 0 Å². The van der Waals surface area contributed by atoms with Gasteiger partial charge in [-0.1, -0.05) is 26.2 Å². The van der Waals surface area contributed by atoms with Crippen LogP contribution < -0.4 is 0 Å². The SMILES string of the molecule is CCCCCCOOC(=O)C(=O)OC12CC3CC(CC(C3)C1)C2. The van der Waals surface area contributed by atoms with Crippen LogP contribution in [0.15, 0.2) is 0 Å². The Morgan fingerprint density at radius 3 is 2.09 bits per heavy atom. The number of rotatable bonds is 7. The van der Waals surface area contributed by atoms with Crippen molar-refractivity contribution >= 4 is 11.9 Å². The molecule has 0 aliphatic heterocycles. The van der Waals surface area contributed by atoms with Crippen molar-refractivity contribution in [2.75, 3.05) is 6.61 Å². The molecule has 0 unspecified atom stereocenters. The number of carbonyl (C=O) groups excluding carboxylic acids is 2. The maximum absolute atomic E-state index is 12.0. The molecule has 0 aromatic carbocycles. The molecule has 0 saturated heterocycles. The molecule has 4 aliphatic carbocycles. The molecular formula is C18H28O5. The van der Waals surface area contributed by atoms with Gasteiger partial charge in [-0.3, -0.25) is 4.89 Å². The zero-order valence-electron chi connectivity index (χ0n) is 14.1. The third kappa shape index (κ3) is 4.06. The molecule has 0 N–H and O–H groups in total. The van der Waals surface area contributed by atoms with E-state index in [1.54, 1.807) is 0 Å². The van der Waals surface area contributed by atoms with Gasteiger partial charge >= 0.3 is 11.9 Å². The summed E-state index contributed by atoms with van der Waals surface area (Å²) >= 11 is 0. The summed E-state index contributed by atoms with van der Waals surface area (Å²) in [6.07, 6.45) is 10.7. The van der Waals surface area contributed by atoms with E-state index in [0.717, 1.165) is 44.9 Å². The fourth-order valence-electron chi connectivity index (χ4n) is 5.11. The summed E-state index contributed by atoms with van der Waals surface area (Å²) in [5, 5.41) is 0. The molecule has 4 saturated carbocycles. The maximum Gasteiger partial charge on any atom is 0.449 e. The molecule has 4 bridgehead atoms. The van der Waals surface area contributed by atoms with E-state index in [2.05, 4.69) is 11.8 Å². The Labute approximate surface area is 138 Å². The molecule has 0 atom stereocenters. The van der Waals surface area contributed by atoms with E-state index < -0.39 is 17.5 Å². The van der Waals surface area contributed by atoms with Gasteiger partial charge in [-0.25, -0.2) is 9.59 Å². The van der Waals surface area contributed by atoms with Crippen molar-refractivity contribution in [1.82, 2.24) is 0 Å². The number of unbranched alkanes of at least 4 members (excludes halogenated alkanes) is 3. The minimum absolute atomic E-state index is 0.330. The van der Waals surface area contributed by atoms with Gasteiger partial charge in [-0.2, -0.15) is 4.89 Å². The van der Waals surface area contributed by atoms with E-state index in [4.69, 9.17) is 9.62 Å². The van der Waals surface area contributed by atoms with E-state index in [9.17, 15) is 9.59 Å². The quantitative estimate of drug-likeness (QED) is 0.236. The summed E-state index contributed by atoms with van der Waals surface area (Å²) in [5.41, 5.74) is -0.411. The molecule has 0 heterocycles. The summed E-state index contributed by atoms with van der Waals surface area (Å²) in [4.78, 5) is 33.2. The van der Waals surface area contributed by atoms with Crippen molar-refractivity contribution in [3.63, 3.8) is 0 Å². The summed E-state index contributed by atoms with van der Waals surface area (Å²) < 4.78 is 5.61. The molecule has 0 spiro atoms. The highest BCUT2D eigenvalue weighted by Gasteiger charge is 2.53. The van der Waals surface area contributed by atoms with Crippen LogP contribution in [-0.4, -0.2) is 24.1 Å². The highest BCUT2D eigenvalue weighted by Crippen LogP contribution is 2.57. The van der Waals surface area contributed by atoms with Crippen molar-refractivity contribution in [3.8, 4) is 0 Å². The first kappa shape index (κ1) is 16.7. The van der Waals surface area contributed by atoms with Gasteiger partial charge in [0.2, 0.25) is 0 Å². The average molecular weight is 324 g/mol. The van der Waals surface area contributed by atoms with Crippen LogP contribution in [-0.2, 0) is 24.1 Å². The van der Waals surface area contributed by atoms with Crippen LogP contribution >= 0.6 is 0 Å². The van der Waals surface area contributed by atoms with Crippen LogP contribution in [0.3, 0.4) is 0 Å². The van der Waals surface area contributed by atoms with Crippen molar-refractivity contribution < 1.29 is 24.1 Å². The standard InChI is InChI=1S/C18H28O5/c1-2-3-4-5-6-21-23-17(20)16(19)22-18-10-13-7-14(11-18)9-15(8-13)12-18/h13-15H,2-12H2,1H3. The monoisotopic (exact) mass is 324 g/mol. The predicted molar refractivity (Wildman–Crippen MR) is 83.2 cm³/mol. The lowest BCUT2D eigenvalue weighted by Gasteiger charge is -2.55. The lowest BCUT2D eigenvalue weighted by molar-refractivity contribution is -0.275. The number of esters is 1. The van der Waals surface area contributed by atoms with Crippen molar-refractivity contribution in [3.05, 3.63) is 0 Å². The molecular weight excluding hydrogens is 296 g/mol. The van der Waals surface area contributed by atoms with Gasteiger partial charge in [0.25, 0.3) is 0 Å². The first-order chi connectivity index (χ1) is 11.1. The third-order valence-electron chi connectivity index (χ3n) is 5.67. The van der Waals surface area contributed by atoms with Crippen molar-refractivity contribution in [2.24, 2.45) is 17.8 Å². The number of ether oxygens (including phenoxy) is 1. The van der Waals surface area contributed by atoms with E-state index in [0.29, 0.717) is 24.4 Å². The van der Waals surface area contributed by atoms with E-state index in [1.165, 1.54) is 19.3 Å². The minimum atomic E-state index is -1.02. The van der Waals surface area contributed by atoms with Gasteiger partial charge in [0.05, 0.1) is 6.61 Å². The Kier molecular flexibility index (Phi) is 5.24. The van der Waals surface area contributed by atoms with Gasteiger partial charge in [-0.05, 0) is 62.7 Å². The Balaban J connectivity index is 1.41. The van der Waals surface area contributed by atoms with Crippen molar-refractivity contribution in [2.45, 2.75) is 76.7 Å². The van der Waals surface area contributed by atoms with Gasteiger partial charge < -0.3 is 4.74 Å². The van der Waals surface area contributed by atoms with E-state index in [1.807, 2.05) is 0 Å². The molecule has 4 aliphatic rings. The first-order valence-electron chi connectivity index (χ1n) is 9.17. The molecule has 4 rings (SSSR count). The van der Waals surface area contributed by atoms with Gasteiger partial charge in [0, 0.05) is 0 Å². The predicted octanol–water partition coefficient (Wildman–Crippen LogP) is 3.55. The Hall–Kier alpha value is -1.10. The van der Waals surface area contributed by atoms with Crippen LogP contribution in [0.4, 0.5) is 0 Å². The molecule has 0 aromatic rings. The highest BCUT2D eigenvalue weighted by atomic mass is 17.2. The second-order valence-electron chi connectivity index (χ2n) is 7.74. The van der Waals surface area contributed by atoms with E-state index >= 15 is 0 Å². The molecule has 5 heteroatoms. The maximum atomic E-state index is 12.0. The smallest absolute Gasteiger partial charge is 0.449 e. The topological polar surface area (TPSA) is 61.8 Å². The Bertz CT molecular complexity index is 409. The Morgan fingerprint density at radius 2 is 1.52 bits per heavy atom. The fourth-order valence-corrected chi connectivity index (χ4v) is 5.11. The summed E-state index contributed by atoms with van der Waals surface area (Å²) in [7, 11) is 0. The molecule has 5 nitrogen and oxygen atoms in total. The number of carbonyl (C=O) groups is 2. The largest absolute Gasteiger partial charge is 0.451 e. The minimum Gasteiger partial charge on any atom is -0.451 e. The zero-order chi connectivity index (χ0) is 16.3. The molecule has 0 amide bonds. The van der Waals surface area contributed by atoms with E-state index in [-0.39, 0.29) is 0 Å². The lowest BCUT2D eigenvalue weighted by atomic mass is 9.54. The van der Waals surface area contributed by atoms with Crippen LogP contribution in [0.25, 0.3) is 0 Å². The van der Waals surface area contributed by atoms with Gasteiger partial charge in [0.15, 0.2) is 0 Å². The highest BCUT2D eigenvalue weighted by molar-refractivity contribution is 6.29. The number of hydrogen-bond donors (Lipinski definition) is 0.